The second kappa shape index (κ2) is 12.4. The first-order valence-corrected chi connectivity index (χ1v) is 11.9. The number of carboxylic acid groups (broad SMARTS) is 3. The molecule has 0 aliphatic rings. The van der Waals surface area contributed by atoms with Gasteiger partial charge in [0.15, 0.2) is 0 Å². The normalized spacial score (nSPS) is 10.6. The first-order valence-electron chi connectivity index (χ1n) is 11.9. The SMILES string of the molecule is CC(C)(c1ccc(O)cc1)c1ccc(OC(=O)c2cccc(C(=O)O)c2)cc1.O=C(O)c1ccc(C(=O)O)cc1. The van der Waals surface area contributed by atoms with Gasteiger partial charge in [-0.25, -0.2) is 19.2 Å². The minimum Gasteiger partial charge on any atom is -0.508 e. The van der Waals surface area contributed by atoms with Gasteiger partial charge in [0.05, 0.1) is 22.3 Å². The molecule has 0 atom stereocenters. The van der Waals surface area contributed by atoms with E-state index in [1.54, 1.807) is 24.3 Å². The lowest BCUT2D eigenvalue weighted by Crippen LogP contribution is -2.18. The van der Waals surface area contributed by atoms with Crippen LogP contribution < -0.4 is 4.74 Å². The van der Waals surface area contributed by atoms with E-state index in [1.165, 1.54) is 48.5 Å². The van der Waals surface area contributed by atoms with Gasteiger partial charge in [-0.2, -0.15) is 0 Å². The highest BCUT2D eigenvalue weighted by atomic mass is 16.5. The molecule has 9 nitrogen and oxygen atoms in total. The van der Waals surface area contributed by atoms with Gasteiger partial charge in [-0.05, 0) is 77.9 Å². The molecule has 204 valence electrons. The van der Waals surface area contributed by atoms with Crippen LogP contribution in [0.2, 0.25) is 0 Å². The Bertz CT molecular complexity index is 1490. The molecule has 0 unspecified atom stereocenters. The first kappa shape index (κ1) is 29.1. The minimum atomic E-state index is -1.10. The maximum Gasteiger partial charge on any atom is 0.343 e. The Morgan fingerprint density at radius 3 is 1.45 bits per heavy atom. The van der Waals surface area contributed by atoms with Crippen LogP contribution in [0.25, 0.3) is 0 Å². The lowest BCUT2D eigenvalue weighted by atomic mass is 9.78. The highest BCUT2D eigenvalue weighted by Gasteiger charge is 2.23. The van der Waals surface area contributed by atoms with Gasteiger partial charge in [0, 0.05) is 5.41 Å². The number of ether oxygens (including phenoxy) is 1. The molecule has 0 aromatic heterocycles. The lowest BCUT2D eigenvalue weighted by molar-refractivity contribution is 0.0681. The molecule has 4 aromatic carbocycles. The number of carbonyl (C=O) groups excluding carboxylic acids is 1. The number of benzene rings is 4. The summed E-state index contributed by atoms with van der Waals surface area (Å²) in [5.74, 6) is -3.26. The molecule has 0 fully saturated rings. The third-order valence-electron chi connectivity index (χ3n) is 6.10. The third-order valence-corrected chi connectivity index (χ3v) is 6.10. The Morgan fingerprint density at radius 2 is 1.00 bits per heavy atom. The zero-order valence-corrected chi connectivity index (χ0v) is 21.6. The number of esters is 1. The summed E-state index contributed by atoms with van der Waals surface area (Å²) in [5, 5.41) is 35.4. The fourth-order valence-corrected chi connectivity index (χ4v) is 3.68. The molecular formula is C31H26O9. The Labute approximate surface area is 229 Å². The second-order valence-electron chi connectivity index (χ2n) is 9.16. The number of aromatic carboxylic acids is 3. The second-order valence-corrected chi connectivity index (χ2v) is 9.16. The standard InChI is InChI=1S/C23H20O5.C8H6O4/c1-23(2,17-6-10-19(24)11-7-17)18-8-12-20(13-9-18)28-22(27)16-5-3-4-15(14-16)21(25)26;9-7(10)5-1-2-6(4-3-5)8(11)12/h3-14,24H,1-2H3,(H,25,26);1-4H,(H,9,10)(H,11,12). The summed E-state index contributed by atoms with van der Waals surface area (Å²) in [7, 11) is 0. The average molecular weight is 543 g/mol. The number of carbonyl (C=O) groups is 4. The highest BCUT2D eigenvalue weighted by Crippen LogP contribution is 2.33. The van der Waals surface area contributed by atoms with Crippen LogP contribution in [0.15, 0.2) is 97.1 Å². The molecule has 0 aliphatic carbocycles. The molecule has 0 saturated carbocycles. The van der Waals surface area contributed by atoms with Crippen LogP contribution in [0.4, 0.5) is 0 Å². The van der Waals surface area contributed by atoms with Crippen molar-refractivity contribution in [1.29, 1.82) is 0 Å². The number of phenols is 1. The zero-order chi connectivity index (χ0) is 29.4. The summed E-state index contributed by atoms with van der Waals surface area (Å²) >= 11 is 0. The van der Waals surface area contributed by atoms with Gasteiger partial charge in [0.2, 0.25) is 0 Å². The summed E-state index contributed by atoms with van der Waals surface area (Å²) in [6.45, 7) is 4.13. The van der Waals surface area contributed by atoms with Crippen molar-refractivity contribution < 1.29 is 44.3 Å². The Balaban J connectivity index is 0.000000307. The molecule has 4 aromatic rings. The van der Waals surface area contributed by atoms with Gasteiger partial charge >= 0.3 is 23.9 Å². The number of hydrogen-bond donors (Lipinski definition) is 4. The number of carboxylic acids is 3. The third kappa shape index (κ3) is 7.32. The van der Waals surface area contributed by atoms with E-state index in [4.69, 9.17) is 20.1 Å². The van der Waals surface area contributed by atoms with Crippen molar-refractivity contribution in [1.82, 2.24) is 0 Å². The van der Waals surface area contributed by atoms with Crippen molar-refractivity contribution in [2.45, 2.75) is 19.3 Å². The fourth-order valence-electron chi connectivity index (χ4n) is 3.68. The first-order chi connectivity index (χ1) is 18.9. The number of hydrogen-bond acceptors (Lipinski definition) is 6. The quantitative estimate of drug-likeness (QED) is 0.169. The van der Waals surface area contributed by atoms with Gasteiger partial charge in [-0.3, -0.25) is 0 Å². The largest absolute Gasteiger partial charge is 0.508 e. The number of aromatic hydroxyl groups is 1. The van der Waals surface area contributed by atoms with Crippen LogP contribution >= 0.6 is 0 Å². The lowest BCUT2D eigenvalue weighted by Gasteiger charge is -2.26. The monoisotopic (exact) mass is 542 g/mol. The van der Waals surface area contributed by atoms with Crippen molar-refractivity contribution >= 4 is 23.9 Å². The number of rotatable bonds is 7. The van der Waals surface area contributed by atoms with Crippen molar-refractivity contribution in [2.75, 3.05) is 0 Å². The Hall–Kier alpha value is -5.44. The average Bonchev–Trinajstić information content (AvgIpc) is 2.94. The smallest absolute Gasteiger partial charge is 0.343 e. The maximum atomic E-state index is 12.3. The van der Waals surface area contributed by atoms with E-state index >= 15 is 0 Å². The van der Waals surface area contributed by atoms with Gasteiger partial charge in [-0.15, -0.1) is 0 Å². The van der Waals surface area contributed by atoms with Crippen LogP contribution in [-0.2, 0) is 5.41 Å². The summed E-state index contributed by atoms with van der Waals surface area (Å²) in [6, 6.07) is 25.0. The van der Waals surface area contributed by atoms with E-state index in [1.807, 2.05) is 24.3 Å². The van der Waals surface area contributed by atoms with Crippen molar-refractivity contribution in [2.24, 2.45) is 0 Å². The van der Waals surface area contributed by atoms with E-state index in [2.05, 4.69) is 13.8 Å². The molecule has 0 bridgehead atoms. The maximum absolute atomic E-state index is 12.3. The van der Waals surface area contributed by atoms with Gasteiger partial charge in [0.25, 0.3) is 0 Å². The van der Waals surface area contributed by atoms with E-state index < -0.39 is 23.9 Å². The van der Waals surface area contributed by atoms with E-state index in [-0.39, 0.29) is 33.4 Å². The summed E-state index contributed by atoms with van der Waals surface area (Å²) in [6.07, 6.45) is 0. The molecule has 4 rings (SSSR count). The molecule has 40 heavy (non-hydrogen) atoms. The Morgan fingerprint density at radius 1 is 0.575 bits per heavy atom. The van der Waals surface area contributed by atoms with Gasteiger partial charge in [0.1, 0.15) is 11.5 Å². The summed E-state index contributed by atoms with van der Waals surface area (Å²) < 4.78 is 5.36. The van der Waals surface area contributed by atoms with Crippen molar-refractivity contribution in [3.05, 3.63) is 130 Å². The van der Waals surface area contributed by atoms with Crippen LogP contribution in [0.5, 0.6) is 11.5 Å². The van der Waals surface area contributed by atoms with Crippen molar-refractivity contribution in [3.63, 3.8) is 0 Å². The molecule has 0 amide bonds. The van der Waals surface area contributed by atoms with Crippen LogP contribution in [0.1, 0.15) is 66.4 Å². The van der Waals surface area contributed by atoms with E-state index in [0.29, 0.717) is 5.75 Å². The number of phenolic OH excluding ortho intramolecular Hbond substituents is 1. The van der Waals surface area contributed by atoms with Gasteiger partial charge in [-0.1, -0.05) is 44.2 Å². The highest BCUT2D eigenvalue weighted by molar-refractivity contribution is 5.95. The molecule has 9 heteroatoms. The van der Waals surface area contributed by atoms with Gasteiger partial charge < -0.3 is 25.2 Å². The molecule has 0 saturated heterocycles. The van der Waals surface area contributed by atoms with Crippen LogP contribution in [0, 0.1) is 0 Å². The summed E-state index contributed by atoms with van der Waals surface area (Å²) in [5.41, 5.74) is 2.13. The molecule has 0 heterocycles. The van der Waals surface area contributed by atoms with Crippen LogP contribution in [-0.4, -0.2) is 44.3 Å². The molecular weight excluding hydrogens is 516 g/mol. The fraction of sp³-hybridized carbons (Fsp3) is 0.0968. The molecule has 0 spiro atoms. The summed E-state index contributed by atoms with van der Waals surface area (Å²) in [4.78, 5) is 44.0. The molecule has 0 aliphatic heterocycles. The minimum absolute atomic E-state index is 0.0282. The zero-order valence-electron chi connectivity index (χ0n) is 21.6. The predicted molar refractivity (Wildman–Crippen MR) is 145 cm³/mol. The van der Waals surface area contributed by atoms with E-state index in [0.717, 1.165) is 11.1 Å². The van der Waals surface area contributed by atoms with Crippen LogP contribution in [0.3, 0.4) is 0 Å². The predicted octanol–water partition coefficient (Wildman–Crippen LogP) is 5.72. The Kier molecular flexibility index (Phi) is 9.03. The van der Waals surface area contributed by atoms with E-state index in [9.17, 15) is 24.3 Å². The van der Waals surface area contributed by atoms with Crippen molar-refractivity contribution in [3.8, 4) is 11.5 Å². The molecule has 0 radical (unpaired) electrons. The topological polar surface area (TPSA) is 158 Å². The molecule has 4 N–H and O–H groups in total.